The SMILES string of the molecule is Cc1ccc(Nc2cc(C)nc(NCCNC(=O)C3CC(=O)N(c4cccc(Br)c4)C3)n2)cc1. The van der Waals surface area contributed by atoms with Crippen molar-refractivity contribution >= 4 is 50.9 Å². The maximum absolute atomic E-state index is 12.6. The number of benzene rings is 2. The number of halogens is 1. The van der Waals surface area contributed by atoms with Gasteiger partial charge in [0.1, 0.15) is 5.82 Å². The molecule has 1 atom stereocenters. The Bertz CT molecular complexity index is 1180. The van der Waals surface area contributed by atoms with Crippen LogP contribution < -0.4 is 20.9 Å². The lowest BCUT2D eigenvalue weighted by molar-refractivity contribution is -0.126. The van der Waals surface area contributed by atoms with E-state index in [0.29, 0.717) is 31.4 Å². The highest BCUT2D eigenvalue weighted by molar-refractivity contribution is 9.10. The number of aromatic nitrogens is 2. The van der Waals surface area contributed by atoms with Crippen LogP contribution in [-0.2, 0) is 9.59 Å². The quantitative estimate of drug-likeness (QED) is 0.383. The smallest absolute Gasteiger partial charge is 0.227 e. The molecule has 0 bridgehead atoms. The molecular formula is C25H27BrN6O2. The lowest BCUT2D eigenvalue weighted by Gasteiger charge is -2.17. The Morgan fingerprint density at radius 2 is 1.88 bits per heavy atom. The number of carbonyl (C=O) groups excluding carboxylic acids is 2. The topological polar surface area (TPSA) is 99.2 Å². The summed E-state index contributed by atoms with van der Waals surface area (Å²) in [4.78, 5) is 35.6. The van der Waals surface area contributed by atoms with Crippen LogP contribution in [0.15, 0.2) is 59.1 Å². The zero-order chi connectivity index (χ0) is 24.1. The number of hydrogen-bond donors (Lipinski definition) is 3. The molecule has 1 saturated heterocycles. The molecule has 4 rings (SSSR count). The van der Waals surface area contributed by atoms with Gasteiger partial charge >= 0.3 is 0 Å². The highest BCUT2D eigenvalue weighted by atomic mass is 79.9. The molecule has 1 unspecified atom stereocenters. The van der Waals surface area contributed by atoms with Gasteiger partial charge in [0.2, 0.25) is 17.8 Å². The zero-order valence-electron chi connectivity index (χ0n) is 19.1. The molecule has 2 amide bonds. The summed E-state index contributed by atoms with van der Waals surface area (Å²) in [5.41, 5.74) is 3.76. The first-order valence-corrected chi connectivity index (χ1v) is 11.9. The molecule has 0 radical (unpaired) electrons. The van der Waals surface area contributed by atoms with Crippen LogP contribution in [0.4, 0.5) is 23.1 Å². The standard InChI is InChI=1S/C25H27BrN6O2/c1-16-6-8-20(9-7-16)30-22-12-17(2)29-25(31-22)28-11-10-27-24(34)18-13-23(33)32(15-18)21-5-3-4-19(26)14-21/h3-9,12,14,18H,10-11,13,15H2,1-2H3,(H,27,34)(H2,28,29,30,31). The van der Waals surface area contributed by atoms with Gasteiger partial charge in [0.05, 0.1) is 5.92 Å². The van der Waals surface area contributed by atoms with Gasteiger partial charge < -0.3 is 20.9 Å². The summed E-state index contributed by atoms with van der Waals surface area (Å²) < 4.78 is 0.896. The second-order valence-corrected chi connectivity index (χ2v) is 9.23. The second kappa shape index (κ2) is 10.6. The van der Waals surface area contributed by atoms with Crippen molar-refractivity contribution in [2.24, 2.45) is 5.92 Å². The summed E-state index contributed by atoms with van der Waals surface area (Å²) >= 11 is 3.42. The molecule has 0 spiro atoms. The van der Waals surface area contributed by atoms with Crippen molar-refractivity contribution in [3.8, 4) is 0 Å². The first-order valence-electron chi connectivity index (χ1n) is 11.1. The summed E-state index contributed by atoms with van der Waals surface area (Å²) in [5.74, 6) is 0.644. The second-order valence-electron chi connectivity index (χ2n) is 8.31. The fourth-order valence-corrected chi connectivity index (χ4v) is 4.16. The number of rotatable bonds is 8. The number of carbonyl (C=O) groups is 2. The van der Waals surface area contributed by atoms with Crippen molar-refractivity contribution in [1.29, 1.82) is 0 Å². The Morgan fingerprint density at radius 3 is 2.65 bits per heavy atom. The highest BCUT2D eigenvalue weighted by Crippen LogP contribution is 2.27. The molecule has 1 aliphatic rings. The fourth-order valence-electron chi connectivity index (χ4n) is 3.78. The van der Waals surface area contributed by atoms with Crippen LogP contribution in [0.25, 0.3) is 0 Å². The summed E-state index contributed by atoms with van der Waals surface area (Å²) in [7, 11) is 0. The molecule has 0 aliphatic carbocycles. The van der Waals surface area contributed by atoms with E-state index in [9.17, 15) is 9.59 Å². The Morgan fingerprint density at radius 1 is 1.09 bits per heavy atom. The maximum atomic E-state index is 12.6. The molecule has 2 aromatic carbocycles. The van der Waals surface area contributed by atoms with Crippen molar-refractivity contribution in [1.82, 2.24) is 15.3 Å². The molecule has 34 heavy (non-hydrogen) atoms. The number of anilines is 4. The van der Waals surface area contributed by atoms with Gasteiger partial charge in [0.25, 0.3) is 0 Å². The van der Waals surface area contributed by atoms with E-state index in [1.165, 1.54) is 5.56 Å². The average Bonchev–Trinajstić information content (AvgIpc) is 3.19. The molecule has 0 saturated carbocycles. The van der Waals surface area contributed by atoms with Crippen LogP contribution in [0.2, 0.25) is 0 Å². The Labute approximate surface area is 207 Å². The third-order valence-corrected chi connectivity index (χ3v) is 5.99. The predicted molar refractivity (Wildman–Crippen MR) is 137 cm³/mol. The number of nitrogens with one attached hydrogen (secondary N) is 3. The minimum atomic E-state index is -0.369. The largest absolute Gasteiger partial charge is 0.354 e. The summed E-state index contributed by atoms with van der Waals surface area (Å²) in [6.07, 6.45) is 0.209. The minimum Gasteiger partial charge on any atom is -0.354 e. The van der Waals surface area contributed by atoms with E-state index < -0.39 is 0 Å². The van der Waals surface area contributed by atoms with Gasteiger partial charge in [-0.15, -0.1) is 0 Å². The molecule has 3 N–H and O–H groups in total. The van der Waals surface area contributed by atoms with Crippen molar-refractivity contribution in [2.45, 2.75) is 20.3 Å². The summed E-state index contributed by atoms with van der Waals surface area (Å²) in [6, 6.07) is 17.5. The van der Waals surface area contributed by atoms with Crippen LogP contribution in [0, 0.1) is 19.8 Å². The van der Waals surface area contributed by atoms with Crippen molar-refractivity contribution < 1.29 is 9.59 Å². The van der Waals surface area contributed by atoms with E-state index in [0.717, 1.165) is 21.5 Å². The fraction of sp³-hybridized carbons (Fsp3) is 0.280. The van der Waals surface area contributed by atoms with E-state index in [4.69, 9.17) is 0 Å². The summed E-state index contributed by atoms with van der Waals surface area (Å²) in [6.45, 7) is 5.20. The van der Waals surface area contributed by atoms with Gasteiger partial charge in [-0.05, 0) is 44.2 Å². The van der Waals surface area contributed by atoms with Crippen LogP contribution >= 0.6 is 15.9 Å². The van der Waals surface area contributed by atoms with Gasteiger partial charge in [-0.2, -0.15) is 4.98 Å². The lowest BCUT2D eigenvalue weighted by Crippen LogP contribution is -2.35. The number of nitrogens with zero attached hydrogens (tertiary/aromatic N) is 3. The Hall–Kier alpha value is -3.46. The maximum Gasteiger partial charge on any atom is 0.227 e. The molecular weight excluding hydrogens is 496 g/mol. The number of amides is 2. The van der Waals surface area contributed by atoms with Gasteiger partial charge in [0.15, 0.2) is 0 Å². The van der Waals surface area contributed by atoms with Gasteiger partial charge in [-0.1, -0.05) is 39.7 Å². The van der Waals surface area contributed by atoms with E-state index in [1.54, 1.807) is 4.90 Å². The van der Waals surface area contributed by atoms with E-state index >= 15 is 0 Å². The van der Waals surface area contributed by atoms with Crippen LogP contribution in [0.3, 0.4) is 0 Å². The lowest BCUT2D eigenvalue weighted by atomic mass is 10.1. The van der Waals surface area contributed by atoms with Gasteiger partial charge in [0, 0.05) is 53.7 Å². The van der Waals surface area contributed by atoms with Crippen molar-refractivity contribution in [3.63, 3.8) is 0 Å². The molecule has 1 aliphatic heterocycles. The minimum absolute atomic E-state index is 0.0434. The number of hydrogen-bond acceptors (Lipinski definition) is 6. The molecule has 3 aromatic rings. The molecule has 1 aromatic heterocycles. The highest BCUT2D eigenvalue weighted by Gasteiger charge is 2.34. The van der Waals surface area contributed by atoms with E-state index in [1.807, 2.05) is 68.4 Å². The first kappa shape index (κ1) is 23.7. The third-order valence-electron chi connectivity index (χ3n) is 5.50. The molecule has 1 fully saturated rings. The van der Waals surface area contributed by atoms with Gasteiger partial charge in [-0.3, -0.25) is 9.59 Å². The van der Waals surface area contributed by atoms with Crippen LogP contribution in [-0.4, -0.2) is 41.4 Å². The van der Waals surface area contributed by atoms with Crippen molar-refractivity contribution in [3.05, 3.63) is 70.3 Å². The molecule has 2 heterocycles. The molecule has 9 heteroatoms. The number of aryl methyl sites for hydroxylation is 2. The van der Waals surface area contributed by atoms with Crippen LogP contribution in [0.5, 0.6) is 0 Å². The average molecular weight is 523 g/mol. The zero-order valence-corrected chi connectivity index (χ0v) is 20.7. The summed E-state index contributed by atoms with van der Waals surface area (Å²) in [5, 5.41) is 9.35. The Balaban J connectivity index is 1.26. The molecule has 8 nitrogen and oxygen atoms in total. The van der Waals surface area contributed by atoms with Gasteiger partial charge in [-0.25, -0.2) is 4.98 Å². The Kier molecular flexibility index (Phi) is 7.42. The van der Waals surface area contributed by atoms with Crippen LogP contribution in [0.1, 0.15) is 17.7 Å². The normalized spacial score (nSPS) is 15.3. The first-order chi connectivity index (χ1) is 16.4. The predicted octanol–water partition coefficient (Wildman–Crippen LogP) is 4.18. The monoisotopic (exact) mass is 522 g/mol. The van der Waals surface area contributed by atoms with E-state index in [-0.39, 0.29) is 24.2 Å². The van der Waals surface area contributed by atoms with E-state index in [2.05, 4.69) is 41.8 Å². The molecule has 176 valence electrons. The third kappa shape index (κ3) is 6.11. The van der Waals surface area contributed by atoms with Crippen molar-refractivity contribution in [2.75, 3.05) is 35.2 Å².